The number of hydrogen-bond donors (Lipinski definition) is 1. The number of rotatable bonds is 4. The Bertz CT molecular complexity index is 363. The van der Waals surface area contributed by atoms with Gasteiger partial charge in [-0.3, -0.25) is 4.79 Å². The topological polar surface area (TPSA) is 38.3 Å². The quantitative estimate of drug-likeness (QED) is 0.640. The maximum Gasteiger partial charge on any atom is 0.217 e. The molecule has 1 aliphatic carbocycles. The highest BCUT2D eigenvalue weighted by molar-refractivity contribution is 7.99. The summed E-state index contributed by atoms with van der Waals surface area (Å²) in [5.41, 5.74) is 0. The summed E-state index contributed by atoms with van der Waals surface area (Å²) in [5, 5.41) is 3.53. The van der Waals surface area contributed by atoms with Crippen LogP contribution >= 0.6 is 11.8 Å². The van der Waals surface area contributed by atoms with Gasteiger partial charge in [0.05, 0.1) is 12.1 Å². The van der Waals surface area contributed by atoms with E-state index in [1.54, 1.807) is 18.7 Å². The van der Waals surface area contributed by atoms with Gasteiger partial charge in [-0.25, -0.2) is 0 Å². The van der Waals surface area contributed by atoms with E-state index >= 15 is 0 Å². The third-order valence-electron chi connectivity index (χ3n) is 4.08. The molecule has 1 aliphatic rings. The number of carbonyl (C=O) groups excluding carboxylic acids is 1. The Morgan fingerprint density at radius 3 is 2.32 bits per heavy atom. The van der Waals surface area contributed by atoms with Crippen molar-refractivity contribution in [2.24, 2.45) is 0 Å². The van der Waals surface area contributed by atoms with Gasteiger partial charge < -0.3 is 9.74 Å². The Kier molecular flexibility index (Phi) is 5.32. The van der Waals surface area contributed by atoms with Gasteiger partial charge in [-0.1, -0.05) is 32.9 Å². The highest BCUT2D eigenvalue weighted by Gasteiger charge is 2.42. The van der Waals surface area contributed by atoms with Crippen LogP contribution in [0.3, 0.4) is 0 Å². The van der Waals surface area contributed by atoms with Crippen molar-refractivity contribution in [1.29, 1.82) is 0 Å². The monoisotopic (exact) mass is 301 g/mol. The van der Waals surface area contributed by atoms with Gasteiger partial charge in [-0.05, 0) is 24.4 Å². The summed E-state index contributed by atoms with van der Waals surface area (Å²) >= 11 is 1.75. The number of nitrogens with one attached hydrogen (secondary N) is 1. The maximum atomic E-state index is 11.4. The van der Waals surface area contributed by atoms with Crippen molar-refractivity contribution >= 4 is 26.0 Å². The van der Waals surface area contributed by atoms with Gasteiger partial charge in [0.15, 0.2) is 8.32 Å². The van der Waals surface area contributed by atoms with E-state index in [9.17, 15) is 4.79 Å². The van der Waals surface area contributed by atoms with Crippen molar-refractivity contribution in [3.8, 4) is 0 Å². The zero-order valence-corrected chi connectivity index (χ0v) is 14.9. The average Bonchev–Trinajstić information content (AvgIpc) is 2.58. The molecule has 3 atom stereocenters. The first-order valence-corrected chi connectivity index (χ1v) is 10.9. The molecule has 0 heterocycles. The van der Waals surface area contributed by atoms with Crippen LogP contribution in [0.4, 0.5) is 0 Å². The fraction of sp³-hybridized carbons (Fsp3) is 0.786. The Morgan fingerprint density at radius 2 is 1.89 bits per heavy atom. The van der Waals surface area contributed by atoms with Crippen LogP contribution in [-0.2, 0) is 9.22 Å². The fourth-order valence-corrected chi connectivity index (χ4v) is 3.92. The zero-order valence-electron chi connectivity index (χ0n) is 13.1. The smallest absolute Gasteiger partial charge is 0.217 e. The molecule has 0 saturated carbocycles. The van der Waals surface area contributed by atoms with Crippen molar-refractivity contribution in [3.05, 3.63) is 12.2 Å². The molecule has 0 fully saturated rings. The molecule has 1 amide bonds. The molecule has 1 N–H and O–H groups in total. The number of hydrogen-bond acceptors (Lipinski definition) is 3. The summed E-state index contributed by atoms with van der Waals surface area (Å²) in [6.45, 7) is 12.8. The van der Waals surface area contributed by atoms with Gasteiger partial charge in [0.2, 0.25) is 5.91 Å². The summed E-state index contributed by atoms with van der Waals surface area (Å²) in [5.74, 6) is 0.0107. The molecule has 0 spiro atoms. The van der Waals surface area contributed by atoms with E-state index in [4.69, 9.17) is 4.43 Å². The minimum absolute atomic E-state index is 0.00208. The first-order chi connectivity index (χ1) is 8.58. The number of amides is 1. The summed E-state index contributed by atoms with van der Waals surface area (Å²) < 4.78 is 6.43. The number of carbonyl (C=O) groups is 1. The minimum atomic E-state index is -1.82. The van der Waals surface area contributed by atoms with E-state index < -0.39 is 8.32 Å². The van der Waals surface area contributed by atoms with Gasteiger partial charge in [0, 0.05) is 12.2 Å². The molecule has 110 valence electrons. The zero-order chi connectivity index (χ0) is 14.8. The van der Waals surface area contributed by atoms with E-state index in [0.29, 0.717) is 5.25 Å². The SMILES string of the molecule is CS[C@H]1C=C[C@@H](O[Si](C)(C)C(C)(C)C)[C@@H]1NC(C)=O. The van der Waals surface area contributed by atoms with Crippen LogP contribution in [0.5, 0.6) is 0 Å². The van der Waals surface area contributed by atoms with Crippen molar-refractivity contribution in [2.75, 3.05) is 6.26 Å². The van der Waals surface area contributed by atoms with Gasteiger partial charge in [-0.15, -0.1) is 0 Å². The first-order valence-electron chi connectivity index (χ1n) is 6.74. The molecule has 0 saturated heterocycles. The lowest BCUT2D eigenvalue weighted by Crippen LogP contribution is -2.52. The van der Waals surface area contributed by atoms with Gasteiger partial charge in [0.25, 0.3) is 0 Å². The lowest BCUT2D eigenvalue weighted by Gasteiger charge is -2.40. The molecule has 0 aromatic rings. The van der Waals surface area contributed by atoms with Crippen LogP contribution in [0.25, 0.3) is 0 Å². The van der Waals surface area contributed by atoms with Crippen molar-refractivity contribution in [1.82, 2.24) is 5.32 Å². The largest absolute Gasteiger partial charge is 0.408 e. The molecule has 0 radical (unpaired) electrons. The molecular weight excluding hydrogens is 274 g/mol. The summed E-state index contributed by atoms with van der Waals surface area (Å²) in [4.78, 5) is 11.4. The number of thioether (sulfide) groups is 1. The van der Waals surface area contributed by atoms with Gasteiger partial charge in [0.1, 0.15) is 0 Å². The first kappa shape index (κ1) is 16.8. The summed E-state index contributed by atoms with van der Waals surface area (Å²) in [6, 6.07) is 0.0571. The van der Waals surface area contributed by atoms with E-state index in [1.807, 2.05) is 0 Å². The van der Waals surface area contributed by atoms with Crippen LogP contribution in [0, 0.1) is 0 Å². The second kappa shape index (κ2) is 6.02. The third kappa shape index (κ3) is 4.10. The van der Waals surface area contributed by atoms with E-state index in [1.165, 1.54) is 0 Å². The molecular formula is C14H27NO2SSi. The molecule has 0 aliphatic heterocycles. The Morgan fingerprint density at radius 1 is 1.32 bits per heavy atom. The van der Waals surface area contributed by atoms with E-state index in [2.05, 4.69) is 57.6 Å². The average molecular weight is 302 g/mol. The van der Waals surface area contributed by atoms with E-state index in [-0.39, 0.29) is 23.1 Å². The highest BCUT2D eigenvalue weighted by atomic mass is 32.2. The molecule has 1 rings (SSSR count). The van der Waals surface area contributed by atoms with Crippen molar-refractivity contribution in [3.63, 3.8) is 0 Å². The van der Waals surface area contributed by atoms with Crippen LogP contribution in [0.2, 0.25) is 18.1 Å². The molecule has 0 aromatic carbocycles. The molecule has 3 nitrogen and oxygen atoms in total. The second-order valence-corrected chi connectivity index (χ2v) is 12.4. The lowest BCUT2D eigenvalue weighted by molar-refractivity contribution is -0.120. The van der Waals surface area contributed by atoms with E-state index in [0.717, 1.165) is 0 Å². The summed E-state index contributed by atoms with van der Waals surface area (Å²) in [7, 11) is -1.82. The van der Waals surface area contributed by atoms with Crippen LogP contribution < -0.4 is 5.32 Å². The van der Waals surface area contributed by atoms with Gasteiger partial charge >= 0.3 is 0 Å². The van der Waals surface area contributed by atoms with Gasteiger partial charge in [-0.2, -0.15) is 11.8 Å². The summed E-state index contributed by atoms with van der Waals surface area (Å²) in [6.07, 6.45) is 6.34. The second-order valence-electron chi connectivity index (χ2n) is 6.65. The Balaban J connectivity index is 2.82. The molecule has 0 unspecified atom stereocenters. The van der Waals surface area contributed by atoms with Crippen LogP contribution in [-0.4, -0.2) is 37.9 Å². The lowest BCUT2D eigenvalue weighted by atomic mass is 10.2. The highest BCUT2D eigenvalue weighted by Crippen LogP contribution is 2.39. The van der Waals surface area contributed by atoms with Crippen molar-refractivity contribution < 1.29 is 9.22 Å². The minimum Gasteiger partial charge on any atom is -0.408 e. The molecule has 5 heteroatoms. The predicted molar refractivity (Wildman–Crippen MR) is 86.1 cm³/mol. The molecule has 0 bridgehead atoms. The maximum absolute atomic E-state index is 11.4. The molecule has 19 heavy (non-hydrogen) atoms. The fourth-order valence-electron chi connectivity index (χ4n) is 1.90. The normalized spacial score (nSPS) is 27.6. The van der Waals surface area contributed by atoms with Crippen molar-refractivity contribution in [2.45, 2.75) is 63.2 Å². The third-order valence-corrected chi connectivity index (χ3v) is 9.55. The molecule has 0 aromatic heterocycles. The van der Waals surface area contributed by atoms with Crippen LogP contribution in [0.15, 0.2) is 12.2 Å². The van der Waals surface area contributed by atoms with Crippen LogP contribution in [0.1, 0.15) is 27.7 Å². The standard InChI is InChI=1S/C14H27NO2SSi/c1-10(16)15-13-11(8-9-12(13)18-5)17-19(6,7)14(2,3)4/h8-9,11-13H,1-7H3,(H,15,16)/t11-,12+,13+/m1/s1. The Hall–Kier alpha value is -0.263. The predicted octanol–water partition coefficient (Wildman–Crippen LogP) is 3.18. The Labute approximate surface area is 122 Å².